The lowest BCUT2D eigenvalue weighted by Gasteiger charge is -2.20. The van der Waals surface area contributed by atoms with Crippen molar-refractivity contribution in [2.45, 2.75) is 31.8 Å². The van der Waals surface area contributed by atoms with E-state index in [0.717, 1.165) is 24.7 Å². The number of likely N-dealkylation sites (N-methyl/N-ethyl adjacent to an activating group) is 1. The van der Waals surface area contributed by atoms with Crippen LogP contribution in [-0.4, -0.2) is 31.1 Å². The van der Waals surface area contributed by atoms with Gasteiger partial charge in [-0.2, -0.15) is 0 Å². The minimum absolute atomic E-state index is 0.00636. The predicted molar refractivity (Wildman–Crippen MR) is 78.5 cm³/mol. The molecule has 0 amide bonds. The van der Waals surface area contributed by atoms with Crippen molar-refractivity contribution < 1.29 is 4.39 Å². The Morgan fingerprint density at radius 1 is 1.37 bits per heavy atom. The molecule has 1 aliphatic carbocycles. The summed E-state index contributed by atoms with van der Waals surface area (Å²) in [6.07, 6.45) is 2.61. The Balaban J connectivity index is 1.88. The van der Waals surface area contributed by atoms with Gasteiger partial charge in [-0.1, -0.05) is 23.2 Å². The molecule has 0 aromatic heterocycles. The zero-order valence-electron chi connectivity index (χ0n) is 11.2. The minimum Gasteiger partial charge on any atom is -0.309 e. The first-order valence-electron chi connectivity index (χ1n) is 6.57. The van der Waals surface area contributed by atoms with Crippen molar-refractivity contribution in [2.75, 3.05) is 20.1 Å². The topological polar surface area (TPSA) is 15.3 Å². The van der Waals surface area contributed by atoms with Gasteiger partial charge in [-0.25, -0.2) is 4.39 Å². The quantitative estimate of drug-likeness (QED) is 0.803. The van der Waals surface area contributed by atoms with E-state index in [-0.39, 0.29) is 11.1 Å². The second kappa shape index (κ2) is 6.40. The summed E-state index contributed by atoms with van der Waals surface area (Å²) in [5.74, 6) is -0.426. The molecular formula is C14H19Cl2FN2. The number of hydrogen-bond donors (Lipinski definition) is 1. The molecule has 19 heavy (non-hydrogen) atoms. The first kappa shape index (κ1) is 15.0. The summed E-state index contributed by atoms with van der Waals surface area (Å²) in [4.78, 5) is 2.35. The van der Waals surface area contributed by atoms with Gasteiger partial charge in [-0.15, -0.1) is 0 Å². The van der Waals surface area contributed by atoms with Crippen LogP contribution in [-0.2, 0) is 0 Å². The number of benzene rings is 1. The Morgan fingerprint density at radius 3 is 2.68 bits per heavy atom. The molecule has 0 bridgehead atoms. The second-order valence-electron chi connectivity index (χ2n) is 5.18. The van der Waals surface area contributed by atoms with Crippen LogP contribution in [0.3, 0.4) is 0 Å². The fraction of sp³-hybridized carbons (Fsp3) is 0.571. The molecule has 1 aromatic carbocycles. The molecule has 0 heterocycles. The van der Waals surface area contributed by atoms with Crippen LogP contribution >= 0.6 is 23.2 Å². The van der Waals surface area contributed by atoms with Gasteiger partial charge in [0, 0.05) is 30.2 Å². The van der Waals surface area contributed by atoms with E-state index in [2.05, 4.69) is 17.3 Å². The van der Waals surface area contributed by atoms with E-state index >= 15 is 0 Å². The number of rotatable bonds is 6. The molecule has 0 aliphatic heterocycles. The van der Waals surface area contributed by atoms with Crippen molar-refractivity contribution in [3.05, 3.63) is 33.6 Å². The summed E-state index contributed by atoms with van der Waals surface area (Å²) >= 11 is 11.8. The molecule has 1 aromatic rings. The van der Waals surface area contributed by atoms with Gasteiger partial charge in [0.2, 0.25) is 0 Å². The summed E-state index contributed by atoms with van der Waals surface area (Å²) < 4.78 is 13.5. The lowest BCUT2D eigenvalue weighted by molar-refractivity contribution is 0.316. The van der Waals surface area contributed by atoms with Crippen LogP contribution in [0.15, 0.2) is 12.1 Å². The van der Waals surface area contributed by atoms with Gasteiger partial charge in [0.05, 0.1) is 5.02 Å². The van der Waals surface area contributed by atoms with E-state index in [0.29, 0.717) is 5.02 Å². The first-order valence-corrected chi connectivity index (χ1v) is 7.32. The Bertz CT molecular complexity index is 449. The summed E-state index contributed by atoms with van der Waals surface area (Å²) in [6.45, 7) is 3.82. The maximum absolute atomic E-state index is 13.5. The number of hydrogen-bond acceptors (Lipinski definition) is 2. The molecule has 5 heteroatoms. The van der Waals surface area contributed by atoms with Crippen LogP contribution in [0.1, 0.15) is 31.4 Å². The molecule has 2 nitrogen and oxygen atoms in total. The van der Waals surface area contributed by atoms with Crippen LogP contribution in [0, 0.1) is 5.82 Å². The molecule has 106 valence electrons. The summed E-state index contributed by atoms with van der Waals surface area (Å²) in [5, 5.41) is 3.93. The molecule has 1 aliphatic rings. The molecule has 1 N–H and O–H groups in total. The largest absolute Gasteiger partial charge is 0.309 e. The lowest BCUT2D eigenvalue weighted by atomic mass is 10.1. The highest BCUT2D eigenvalue weighted by atomic mass is 35.5. The van der Waals surface area contributed by atoms with Crippen molar-refractivity contribution in [3.63, 3.8) is 0 Å². The summed E-state index contributed by atoms with van der Waals surface area (Å²) in [5.41, 5.74) is 0.748. The van der Waals surface area contributed by atoms with E-state index in [4.69, 9.17) is 23.2 Å². The second-order valence-corrected chi connectivity index (χ2v) is 5.99. The Labute approximate surface area is 123 Å². The molecule has 1 fully saturated rings. The maximum Gasteiger partial charge on any atom is 0.142 e. The van der Waals surface area contributed by atoms with Crippen molar-refractivity contribution in [2.24, 2.45) is 0 Å². The molecule has 0 radical (unpaired) electrons. The minimum atomic E-state index is -0.426. The van der Waals surface area contributed by atoms with E-state index < -0.39 is 5.82 Å². The van der Waals surface area contributed by atoms with Gasteiger partial charge < -0.3 is 10.2 Å². The van der Waals surface area contributed by atoms with Crippen LogP contribution in [0.5, 0.6) is 0 Å². The Kier molecular flexibility index (Phi) is 5.07. The molecule has 1 atom stereocenters. The van der Waals surface area contributed by atoms with Crippen LogP contribution in [0.4, 0.5) is 4.39 Å². The van der Waals surface area contributed by atoms with Gasteiger partial charge in [-0.05, 0) is 44.5 Å². The molecule has 0 spiro atoms. The van der Waals surface area contributed by atoms with Gasteiger partial charge in [0.1, 0.15) is 5.82 Å². The van der Waals surface area contributed by atoms with Crippen LogP contribution in [0.2, 0.25) is 10.0 Å². The van der Waals surface area contributed by atoms with Crippen LogP contribution in [0.25, 0.3) is 0 Å². The Morgan fingerprint density at radius 2 is 2.05 bits per heavy atom. The van der Waals surface area contributed by atoms with E-state index in [9.17, 15) is 4.39 Å². The summed E-state index contributed by atoms with van der Waals surface area (Å²) in [7, 11) is 2.14. The molecule has 1 saturated carbocycles. The zero-order valence-corrected chi connectivity index (χ0v) is 12.7. The molecular weight excluding hydrogens is 286 g/mol. The van der Waals surface area contributed by atoms with Gasteiger partial charge >= 0.3 is 0 Å². The first-order chi connectivity index (χ1) is 8.99. The highest BCUT2D eigenvalue weighted by molar-refractivity contribution is 6.35. The molecule has 1 unspecified atom stereocenters. The number of nitrogens with zero attached hydrogens (tertiary/aromatic N) is 1. The normalized spacial score (nSPS) is 16.9. The fourth-order valence-corrected chi connectivity index (χ4v) is 2.68. The van der Waals surface area contributed by atoms with E-state index in [1.165, 1.54) is 25.0 Å². The number of nitrogens with one attached hydrogen (secondary N) is 1. The van der Waals surface area contributed by atoms with Gasteiger partial charge in [0.15, 0.2) is 0 Å². The van der Waals surface area contributed by atoms with E-state index in [1.54, 1.807) is 0 Å². The lowest BCUT2D eigenvalue weighted by Crippen LogP contribution is -2.32. The highest BCUT2D eigenvalue weighted by Gasteiger charge is 2.25. The fourth-order valence-electron chi connectivity index (χ4n) is 2.14. The van der Waals surface area contributed by atoms with Gasteiger partial charge in [0.25, 0.3) is 0 Å². The average Bonchev–Trinajstić information content (AvgIpc) is 3.17. The van der Waals surface area contributed by atoms with Crippen molar-refractivity contribution in [1.82, 2.24) is 10.2 Å². The van der Waals surface area contributed by atoms with E-state index in [1.807, 2.05) is 6.92 Å². The highest BCUT2D eigenvalue weighted by Crippen LogP contribution is 2.28. The third-order valence-electron chi connectivity index (χ3n) is 3.59. The smallest absolute Gasteiger partial charge is 0.142 e. The van der Waals surface area contributed by atoms with Crippen LogP contribution < -0.4 is 5.32 Å². The van der Waals surface area contributed by atoms with Crippen molar-refractivity contribution in [3.8, 4) is 0 Å². The predicted octanol–water partition coefficient (Wildman–Crippen LogP) is 3.88. The Hall–Kier alpha value is -0.350. The standard InChI is InChI=1S/C14H19Cl2FN2/c1-9(18-5-6-19(2)10-3-4-10)11-7-14(17)13(16)8-12(11)15/h7-10,18H,3-6H2,1-2H3. The average molecular weight is 305 g/mol. The van der Waals surface area contributed by atoms with Crippen molar-refractivity contribution >= 4 is 23.2 Å². The SMILES string of the molecule is CC(NCCN(C)C1CC1)c1cc(F)c(Cl)cc1Cl. The molecule has 0 saturated heterocycles. The zero-order chi connectivity index (χ0) is 14.0. The third kappa shape index (κ3) is 4.06. The molecule has 2 rings (SSSR count). The monoisotopic (exact) mass is 304 g/mol. The summed E-state index contributed by atoms with van der Waals surface area (Å²) in [6, 6.07) is 3.63. The van der Waals surface area contributed by atoms with Gasteiger partial charge in [-0.3, -0.25) is 0 Å². The maximum atomic E-state index is 13.5. The number of halogens is 3. The third-order valence-corrected chi connectivity index (χ3v) is 4.21. The van der Waals surface area contributed by atoms with Crippen molar-refractivity contribution in [1.29, 1.82) is 0 Å².